The smallest absolute Gasteiger partial charge is 0.308 e. The van der Waals surface area contributed by atoms with Crippen LogP contribution in [0.3, 0.4) is 0 Å². The molecule has 7 nitrogen and oxygen atoms in total. The van der Waals surface area contributed by atoms with Crippen LogP contribution >= 0.6 is 11.6 Å². The highest BCUT2D eigenvalue weighted by Crippen LogP contribution is 2.18. The lowest BCUT2D eigenvalue weighted by molar-refractivity contribution is -0.152. The van der Waals surface area contributed by atoms with Gasteiger partial charge in [0.15, 0.2) is 0 Å². The van der Waals surface area contributed by atoms with Crippen molar-refractivity contribution >= 4 is 29.4 Å². The van der Waals surface area contributed by atoms with E-state index in [0.717, 1.165) is 5.56 Å². The van der Waals surface area contributed by atoms with Crippen LogP contribution in [0.15, 0.2) is 54.6 Å². The fourth-order valence-corrected chi connectivity index (χ4v) is 3.58. The molecule has 0 aliphatic carbocycles. The predicted molar refractivity (Wildman–Crippen MR) is 116 cm³/mol. The fourth-order valence-electron chi connectivity index (χ4n) is 3.35. The van der Waals surface area contributed by atoms with Gasteiger partial charge in [0.25, 0.3) is 0 Å². The number of amides is 2. The van der Waals surface area contributed by atoms with E-state index in [1.54, 1.807) is 18.2 Å². The van der Waals surface area contributed by atoms with Crippen LogP contribution < -0.4 is 10.1 Å². The first-order valence-corrected chi connectivity index (χ1v) is 10.6. The molecule has 1 atom stereocenters. The van der Waals surface area contributed by atoms with E-state index < -0.39 is 12.0 Å². The van der Waals surface area contributed by atoms with Gasteiger partial charge in [0.05, 0.1) is 6.42 Å². The molecule has 0 aromatic heterocycles. The van der Waals surface area contributed by atoms with E-state index in [2.05, 4.69) is 5.32 Å². The van der Waals surface area contributed by atoms with Gasteiger partial charge in [-0.05, 0) is 30.2 Å². The Morgan fingerprint density at radius 1 is 1.06 bits per heavy atom. The number of esters is 1. The van der Waals surface area contributed by atoms with Gasteiger partial charge in [0, 0.05) is 24.5 Å². The topological polar surface area (TPSA) is 84.9 Å². The Hall–Kier alpha value is -3.06. The first-order chi connectivity index (χ1) is 15.0. The number of nitrogens with one attached hydrogen (secondary N) is 1. The SMILES string of the molecule is O=C(CC1C(=O)NCCN1C(=O)CCc1ccccc1Cl)OCCOc1ccccc1. The number of ether oxygens (including phenoxy) is 2. The van der Waals surface area contributed by atoms with E-state index in [1.165, 1.54) is 4.90 Å². The van der Waals surface area contributed by atoms with Crippen molar-refractivity contribution in [2.24, 2.45) is 0 Å². The van der Waals surface area contributed by atoms with Crippen molar-refractivity contribution in [1.82, 2.24) is 10.2 Å². The summed E-state index contributed by atoms with van der Waals surface area (Å²) in [6.07, 6.45) is 0.465. The first-order valence-electron chi connectivity index (χ1n) is 10.2. The molecule has 2 aromatic carbocycles. The second-order valence-electron chi connectivity index (χ2n) is 7.07. The maximum Gasteiger partial charge on any atom is 0.308 e. The van der Waals surface area contributed by atoms with Gasteiger partial charge >= 0.3 is 5.97 Å². The highest BCUT2D eigenvalue weighted by atomic mass is 35.5. The van der Waals surface area contributed by atoms with Gasteiger partial charge in [-0.2, -0.15) is 0 Å². The van der Waals surface area contributed by atoms with Crippen LogP contribution in [0.4, 0.5) is 0 Å². The van der Waals surface area contributed by atoms with Crippen LogP contribution in [-0.4, -0.2) is 55.0 Å². The number of hydrogen-bond acceptors (Lipinski definition) is 5. The number of carbonyl (C=O) groups is 3. The van der Waals surface area contributed by atoms with Crippen molar-refractivity contribution in [3.8, 4) is 5.75 Å². The Morgan fingerprint density at radius 2 is 1.81 bits per heavy atom. The summed E-state index contributed by atoms with van der Waals surface area (Å²) in [5.74, 6) is -0.419. The van der Waals surface area contributed by atoms with Crippen LogP contribution in [0.2, 0.25) is 5.02 Å². The monoisotopic (exact) mass is 444 g/mol. The first kappa shape index (κ1) is 22.6. The molecule has 1 aliphatic rings. The van der Waals surface area contributed by atoms with E-state index in [-0.39, 0.29) is 37.9 Å². The largest absolute Gasteiger partial charge is 0.490 e. The van der Waals surface area contributed by atoms with Crippen LogP contribution in [0, 0.1) is 0 Å². The zero-order valence-electron chi connectivity index (χ0n) is 17.1. The number of carbonyl (C=O) groups excluding carboxylic acids is 3. The molecule has 2 aromatic rings. The van der Waals surface area contributed by atoms with Gasteiger partial charge in [-0.15, -0.1) is 0 Å². The number of para-hydroxylation sites is 1. The average molecular weight is 445 g/mol. The van der Waals surface area contributed by atoms with Crippen molar-refractivity contribution in [1.29, 1.82) is 0 Å². The lowest BCUT2D eigenvalue weighted by Gasteiger charge is -2.34. The van der Waals surface area contributed by atoms with E-state index in [4.69, 9.17) is 21.1 Å². The minimum absolute atomic E-state index is 0.0581. The molecule has 1 heterocycles. The van der Waals surface area contributed by atoms with Crippen LogP contribution in [0.5, 0.6) is 5.75 Å². The molecule has 0 bridgehead atoms. The molecule has 3 rings (SSSR count). The van der Waals surface area contributed by atoms with Crippen LogP contribution in [0.1, 0.15) is 18.4 Å². The van der Waals surface area contributed by atoms with Crippen LogP contribution in [-0.2, 0) is 25.5 Å². The van der Waals surface area contributed by atoms with Crippen molar-refractivity contribution in [2.75, 3.05) is 26.3 Å². The number of piperazine rings is 1. The summed E-state index contributed by atoms with van der Waals surface area (Å²) in [5.41, 5.74) is 0.869. The summed E-state index contributed by atoms with van der Waals surface area (Å²) in [6.45, 7) is 0.963. The Bertz CT molecular complexity index is 906. The maximum absolute atomic E-state index is 12.8. The molecule has 0 radical (unpaired) electrons. The summed E-state index contributed by atoms with van der Waals surface area (Å²) in [4.78, 5) is 38.8. The summed E-state index contributed by atoms with van der Waals surface area (Å²) >= 11 is 6.15. The fraction of sp³-hybridized carbons (Fsp3) is 0.348. The van der Waals surface area contributed by atoms with E-state index >= 15 is 0 Å². The van der Waals surface area contributed by atoms with Crippen molar-refractivity contribution in [3.63, 3.8) is 0 Å². The molecule has 2 amide bonds. The van der Waals surface area contributed by atoms with Gasteiger partial charge in [0.2, 0.25) is 11.8 Å². The molecule has 0 spiro atoms. The molecule has 8 heteroatoms. The third-order valence-corrected chi connectivity index (χ3v) is 5.30. The maximum atomic E-state index is 12.8. The van der Waals surface area contributed by atoms with Crippen LogP contribution in [0.25, 0.3) is 0 Å². The zero-order valence-corrected chi connectivity index (χ0v) is 17.8. The summed E-state index contributed by atoms with van der Waals surface area (Å²) in [5, 5.41) is 3.31. The van der Waals surface area contributed by atoms with E-state index in [9.17, 15) is 14.4 Å². The third kappa shape index (κ3) is 6.72. The number of nitrogens with zero attached hydrogens (tertiary/aromatic N) is 1. The molecule has 1 saturated heterocycles. The Kier molecular flexibility index (Phi) is 8.29. The lowest BCUT2D eigenvalue weighted by Crippen LogP contribution is -2.57. The second kappa shape index (κ2) is 11.4. The quantitative estimate of drug-likeness (QED) is 0.474. The highest BCUT2D eigenvalue weighted by Gasteiger charge is 2.34. The zero-order chi connectivity index (χ0) is 22.1. The Balaban J connectivity index is 1.48. The predicted octanol–water partition coefficient (Wildman–Crippen LogP) is 2.61. The molecular weight excluding hydrogens is 420 g/mol. The van der Waals surface area contributed by atoms with E-state index in [1.807, 2.05) is 36.4 Å². The number of rotatable bonds is 9. The minimum Gasteiger partial charge on any atom is -0.490 e. The number of halogens is 1. The number of benzene rings is 2. The van der Waals surface area contributed by atoms with Crippen molar-refractivity contribution in [3.05, 3.63) is 65.2 Å². The molecule has 31 heavy (non-hydrogen) atoms. The molecule has 1 N–H and O–H groups in total. The van der Waals surface area contributed by atoms with Gasteiger partial charge < -0.3 is 19.7 Å². The third-order valence-electron chi connectivity index (χ3n) is 4.94. The normalized spacial score (nSPS) is 15.8. The van der Waals surface area contributed by atoms with Crippen molar-refractivity contribution in [2.45, 2.75) is 25.3 Å². The molecule has 164 valence electrons. The average Bonchev–Trinajstić information content (AvgIpc) is 2.78. The van der Waals surface area contributed by atoms with Crippen molar-refractivity contribution < 1.29 is 23.9 Å². The standard InChI is InChI=1S/C23H25ClN2O5/c24-19-9-5-4-6-17(19)10-11-21(27)26-13-12-25-23(29)20(26)16-22(28)31-15-14-30-18-7-2-1-3-8-18/h1-9,20H,10-16H2,(H,25,29). The molecule has 1 fully saturated rings. The summed E-state index contributed by atoms with van der Waals surface area (Å²) in [7, 11) is 0. The summed E-state index contributed by atoms with van der Waals surface area (Å²) < 4.78 is 10.7. The lowest BCUT2D eigenvalue weighted by atomic mass is 10.1. The number of aryl methyl sites for hydroxylation is 1. The molecule has 1 aliphatic heterocycles. The molecule has 1 unspecified atom stereocenters. The Morgan fingerprint density at radius 3 is 2.58 bits per heavy atom. The van der Waals surface area contributed by atoms with Gasteiger partial charge in [-0.25, -0.2) is 0 Å². The van der Waals surface area contributed by atoms with Gasteiger partial charge in [0.1, 0.15) is 25.0 Å². The number of hydrogen-bond donors (Lipinski definition) is 1. The summed E-state index contributed by atoms with van der Waals surface area (Å²) in [6, 6.07) is 15.6. The van der Waals surface area contributed by atoms with Gasteiger partial charge in [-0.3, -0.25) is 14.4 Å². The Labute approximate surface area is 186 Å². The van der Waals surface area contributed by atoms with E-state index in [0.29, 0.717) is 30.3 Å². The second-order valence-corrected chi connectivity index (χ2v) is 7.48. The molecule has 0 saturated carbocycles. The highest BCUT2D eigenvalue weighted by molar-refractivity contribution is 6.31. The van der Waals surface area contributed by atoms with Gasteiger partial charge in [-0.1, -0.05) is 48.0 Å². The minimum atomic E-state index is -0.880. The molecular formula is C23H25ClN2O5.